The van der Waals surface area contributed by atoms with Crippen molar-refractivity contribution < 1.29 is 14.6 Å². The van der Waals surface area contributed by atoms with E-state index in [1.54, 1.807) is 6.20 Å². The van der Waals surface area contributed by atoms with Crippen LogP contribution in [0, 0.1) is 12.8 Å². The Morgan fingerprint density at radius 1 is 1.17 bits per heavy atom. The second kappa shape index (κ2) is 9.29. The van der Waals surface area contributed by atoms with Crippen LogP contribution in [0.5, 0.6) is 11.5 Å². The maximum absolute atomic E-state index is 10.4. The molecule has 1 aliphatic rings. The molecule has 6 heteroatoms. The fraction of sp³-hybridized carbons (Fsp3) is 0.435. The number of nitrogens with one attached hydrogen (secondary N) is 1. The van der Waals surface area contributed by atoms with Gasteiger partial charge in [-0.25, -0.2) is 0 Å². The average Bonchev–Trinajstić information content (AvgIpc) is 3.21. The van der Waals surface area contributed by atoms with E-state index in [0.29, 0.717) is 12.5 Å². The lowest BCUT2D eigenvalue weighted by atomic mass is 9.97. The Morgan fingerprint density at radius 3 is 2.83 bits per heavy atom. The van der Waals surface area contributed by atoms with Crippen molar-refractivity contribution in [1.82, 2.24) is 15.1 Å². The zero-order valence-corrected chi connectivity index (χ0v) is 16.9. The molecule has 1 atom stereocenters. The number of aromatic nitrogens is 2. The van der Waals surface area contributed by atoms with Gasteiger partial charge in [0.2, 0.25) is 0 Å². The first-order valence-electron chi connectivity index (χ1n) is 10.3. The SMILES string of the molecule is Cc1cccc(OCC2CCN(CC(O)COc3cccc4[nH]ncc34)CC2)c1. The van der Waals surface area contributed by atoms with Gasteiger partial charge in [0.15, 0.2) is 0 Å². The van der Waals surface area contributed by atoms with Gasteiger partial charge in [-0.05, 0) is 68.6 Å². The molecule has 0 amide bonds. The number of likely N-dealkylation sites (tertiary alicyclic amines) is 1. The number of piperidine rings is 1. The molecule has 1 aromatic heterocycles. The van der Waals surface area contributed by atoms with Crippen LogP contribution in [-0.2, 0) is 0 Å². The number of aliphatic hydroxyl groups excluding tert-OH is 1. The van der Waals surface area contributed by atoms with Crippen LogP contribution in [0.3, 0.4) is 0 Å². The molecule has 154 valence electrons. The fourth-order valence-electron chi connectivity index (χ4n) is 3.86. The molecule has 2 N–H and O–H groups in total. The molecule has 0 radical (unpaired) electrons. The van der Waals surface area contributed by atoms with Gasteiger partial charge in [-0.3, -0.25) is 5.10 Å². The van der Waals surface area contributed by atoms with Gasteiger partial charge < -0.3 is 19.5 Å². The highest BCUT2D eigenvalue weighted by Crippen LogP contribution is 2.24. The van der Waals surface area contributed by atoms with Crippen molar-refractivity contribution in [2.75, 3.05) is 32.8 Å². The molecular formula is C23H29N3O3. The maximum atomic E-state index is 10.4. The maximum Gasteiger partial charge on any atom is 0.130 e. The number of ether oxygens (including phenoxy) is 2. The minimum Gasteiger partial charge on any atom is -0.493 e. The van der Waals surface area contributed by atoms with Crippen LogP contribution in [0.25, 0.3) is 10.9 Å². The third kappa shape index (κ3) is 5.28. The molecule has 1 saturated heterocycles. The van der Waals surface area contributed by atoms with Crippen molar-refractivity contribution >= 4 is 10.9 Å². The molecule has 1 fully saturated rings. The predicted octanol–water partition coefficient (Wildman–Crippen LogP) is 3.40. The summed E-state index contributed by atoms with van der Waals surface area (Å²) in [6.45, 7) is 5.72. The molecule has 0 aliphatic carbocycles. The van der Waals surface area contributed by atoms with Crippen LogP contribution in [0.1, 0.15) is 18.4 Å². The lowest BCUT2D eigenvalue weighted by Gasteiger charge is -2.33. The second-order valence-electron chi connectivity index (χ2n) is 7.92. The summed E-state index contributed by atoms with van der Waals surface area (Å²) in [6.07, 6.45) is 3.42. The van der Waals surface area contributed by atoms with E-state index in [0.717, 1.165) is 54.9 Å². The highest BCUT2D eigenvalue weighted by Gasteiger charge is 2.22. The number of aryl methyl sites for hydroxylation is 1. The summed E-state index contributed by atoms with van der Waals surface area (Å²) in [5, 5.41) is 18.3. The lowest BCUT2D eigenvalue weighted by molar-refractivity contribution is 0.0507. The van der Waals surface area contributed by atoms with E-state index in [2.05, 4.69) is 34.2 Å². The molecule has 6 nitrogen and oxygen atoms in total. The van der Waals surface area contributed by atoms with Crippen molar-refractivity contribution in [1.29, 1.82) is 0 Å². The molecule has 0 spiro atoms. The van der Waals surface area contributed by atoms with Gasteiger partial charge in [-0.15, -0.1) is 0 Å². The third-order valence-corrected chi connectivity index (χ3v) is 5.53. The first kappa shape index (κ1) is 19.7. The summed E-state index contributed by atoms with van der Waals surface area (Å²) in [7, 11) is 0. The summed E-state index contributed by atoms with van der Waals surface area (Å²) in [4.78, 5) is 2.32. The van der Waals surface area contributed by atoms with E-state index in [1.807, 2.05) is 30.3 Å². The van der Waals surface area contributed by atoms with Gasteiger partial charge in [0.05, 0.1) is 23.7 Å². The minimum absolute atomic E-state index is 0.278. The molecule has 1 aliphatic heterocycles. The summed E-state index contributed by atoms with van der Waals surface area (Å²) in [5.41, 5.74) is 2.16. The Labute approximate surface area is 171 Å². The van der Waals surface area contributed by atoms with E-state index in [9.17, 15) is 5.11 Å². The number of hydrogen-bond donors (Lipinski definition) is 2. The molecule has 1 unspecified atom stereocenters. The zero-order chi connectivity index (χ0) is 20.1. The molecule has 0 saturated carbocycles. The predicted molar refractivity (Wildman–Crippen MR) is 113 cm³/mol. The quantitative estimate of drug-likeness (QED) is 0.612. The normalized spacial score (nSPS) is 16.8. The zero-order valence-electron chi connectivity index (χ0n) is 16.9. The number of fused-ring (bicyclic) bond motifs is 1. The Balaban J connectivity index is 1.18. The van der Waals surface area contributed by atoms with Gasteiger partial charge in [0, 0.05) is 6.54 Å². The smallest absolute Gasteiger partial charge is 0.130 e. The van der Waals surface area contributed by atoms with Crippen LogP contribution >= 0.6 is 0 Å². The lowest BCUT2D eigenvalue weighted by Crippen LogP contribution is -2.41. The largest absolute Gasteiger partial charge is 0.493 e. The van der Waals surface area contributed by atoms with E-state index >= 15 is 0 Å². The summed E-state index contributed by atoms with van der Waals surface area (Å²) < 4.78 is 11.8. The topological polar surface area (TPSA) is 70.6 Å². The van der Waals surface area contributed by atoms with Crippen LogP contribution < -0.4 is 9.47 Å². The second-order valence-corrected chi connectivity index (χ2v) is 7.92. The van der Waals surface area contributed by atoms with Crippen LogP contribution in [0.2, 0.25) is 0 Å². The van der Waals surface area contributed by atoms with Crippen LogP contribution in [0.15, 0.2) is 48.7 Å². The number of nitrogens with zero attached hydrogens (tertiary/aromatic N) is 2. The summed E-state index contributed by atoms with van der Waals surface area (Å²) in [6, 6.07) is 14.0. The summed E-state index contributed by atoms with van der Waals surface area (Å²) >= 11 is 0. The molecule has 2 aromatic carbocycles. The number of aromatic amines is 1. The molecule has 4 rings (SSSR count). The van der Waals surface area contributed by atoms with Crippen molar-refractivity contribution in [3.63, 3.8) is 0 Å². The third-order valence-electron chi connectivity index (χ3n) is 5.53. The Bertz CT molecular complexity index is 918. The van der Waals surface area contributed by atoms with Crippen molar-refractivity contribution in [2.45, 2.75) is 25.9 Å². The van der Waals surface area contributed by atoms with E-state index in [-0.39, 0.29) is 6.61 Å². The fourth-order valence-corrected chi connectivity index (χ4v) is 3.86. The standard InChI is InChI=1S/C23H29N3O3/c1-17-4-2-5-20(12-17)28-15-18-8-10-26(11-9-18)14-19(27)16-29-23-7-3-6-22-21(23)13-24-25-22/h2-7,12-13,18-19,27H,8-11,14-16H2,1H3,(H,24,25). The highest BCUT2D eigenvalue weighted by molar-refractivity contribution is 5.84. The van der Waals surface area contributed by atoms with Gasteiger partial charge in [-0.1, -0.05) is 18.2 Å². The molecule has 29 heavy (non-hydrogen) atoms. The minimum atomic E-state index is -0.516. The molecule has 3 aromatic rings. The number of rotatable bonds is 8. The van der Waals surface area contributed by atoms with E-state index in [1.165, 1.54) is 5.56 Å². The Hall–Kier alpha value is -2.57. The van der Waals surface area contributed by atoms with Crippen LogP contribution in [-0.4, -0.2) is 59.2 Å². The summed E-state index contributed by atoms with van der Waals surface area (Å²) in [5.74, 6) is 2.27. The number of aliphatic hydroxyl groups is 1. The number of β-amino-alcohol motifs (C(OH)–C–C–N with tert-alkyl or cyclic N) is 1. The average molecular weight is 396 g/mol. The van der Waals surface area contributed by atoms with Gasteiger partial charge >= 0.3 is 0 Å². The van der Waals surface area contributed by atoms with E-state index < -0.39 is 6.10 Å². The molecule has 0 bridgehead atoms. The first-order valence-corrected chi connectivity index (χ1v) is 10.3. The van der Waals surface area contributed by atoms with Crippen LogP contribution in [0.4, 0.5) is 0 Å². The van der Waals surface area contributed by atoms with Gasteiger partial charge in [0.1, 0.15) is 24.2 Å². The highest BCUT2D eigenvalue weighted by atomic mass is 16.5. The Kier molecular flexibility index (Phi) is 6.32. The Morgan fingerprint density at radius 2 is 2.00 bits per heavy atom. The molecular weight excluding hydrogens is 366 g/mol. The monoisotopic (exact) mass is 395 g/mol. The van der Waals surface area contributed by atoms with Gasteiger partial charge in [0.25, 0.3) is 0 Å². The van der Waals surface area contributed by atoms with Crippen molar-refractivity contribution in [3.8, 4) is 11.5 Å². The molecule has 2 heterocycles. The van der Waals surface area contributed by atoms with Crippen molar-refractivity contribution in [3.05, 3.63) is 54.2 Å². The number of benzene rings is 2. The number of H-pyrrole nitrogens is 1. The van der Waals surface area contributed by atoms with Crippen molar-refractivity contribution in [2.24, 2.45) is 5.92 Å². The number of hydrogen-bond acceptors (Lipinski definition) is 5. The first-order chi connectivity index (χ1) is 14.2. The van der Waals surface area contributed by atoms with Gasteiger partial charge in [-0.2, -0.15) is 5.10 Å². The van der Waals surface area contributed by atoms with E-state index in [4.69, 9.17) is 9.47 Å².